The van der Waals surface area contributed by atoms with E-state index in [4.69, 9.17) is 0 Å². The molecule has 4 rings (SSSR count). The number of hydrogen-bond donors (Lipinski definition) is 1. The first kappa shape index (κ1) is 21.3. The number of piperidine rings is 1. The molecule has 2 atom stereocenters. The predicted octanol–water partition coefficient (Wildman–Crippen LogP) is 3.95. The van der Waals surface area contributed by atoms with Crippen LogP contribution in [0, 0.1) is 5.92 Å². The van der Waals surface area contributed by atoms with Crippen LogP contribution in [0.3, 0.4) is 0 Å². The Balaban J connectivity index is 1.67. The summed E-state index contributed by atoms with van der Waals surface area (Å²) in [5.74, 6) is -0.146. The zero-order valence-electron chi connectivity index (χ0n) is 17.3. The van der Waals surface area contributed by atoms with E-state index < -0.39 is 6.36 Å². The number of rotatable bonds is 3. The van der Waals surface area contributed by atoms with E-state index in [9.17, 15) is 22.8 Å². The number of likely N-dealkylation sites (tertiary alicyclic amines) is 1. The molecule has 2 aromatic rings. The van der Waals surface area contributed by atoms with Crippen molar-refractivity contribution in [3.8, 4) is 16.9 Å². The number of carbonyl (C=O) groups excluding carboxylic acids is 1. The molecule has 166 valence electrons. The molecule has 1 aromatic heterocycles. The Kier molecular flexibility index (Phi) is 5.45. The van der Waals surface area contributed by atoms with Crippen LogP contribution in [0.25, 0.3) is 11.1 Å². The lowest BCUT2D eigenvalue weighted by Crippen LogP contribution is -2.53. The fourth-order valence-electron chi connectivity index (χ4n) is 4.60. The van der Waals surface area contributed by atoms with Crippen LogP contribution in [0.15, 0.2) is 41.2 Å². The van der Waals surface area contributed by atoms with Crippen molar-refractivity contribution in [2.75, 3.05) is 13.1 Å². The molecule has 0 spiro atoms. The number of nitrogens with zero attached hydrogens (tertiary/aromatic N) is 2. The van der Waals surface area contributed by atoms with Crippen LogP contribution in [-0.4, -0.2) is 41.0 Å². The Morgan fingerprint density at radius 1 is 1.10 bits per heavy atom. The summed E-state index contributed by atoms with van der Waals surface area (Å²) in [6.07, 6.45) is -3.89. The van der Waals surface area contributed by atoms with Gasteiger partial charge in [-0.05, 0) is 49.9 Å². The summed E-state index contributed by atoms with van der Waals surface area (Å²) in [5.41, 5.74) is 2.20. The Hall–Kier alpha value is -2.97. The van der Waals surface area contributed by atoms with E-state index >= 15 is 0 Å². The highest BCUT2D eigenvalue weighted by molar-refractivity contribution is 5.75. The number of benzene rings is 1. The summed E-state index contributed by atoms with van der Waals surface area (Å²) >= 11 is 0. The number of urea groups is 1. The summed E-state index contributed by atoms with van der Waals surface area (Å²) in [5, 5.41) is 2.92. The van der Waals surface area contributed by atoms with Gasteiger partial charge >= 0.3 is 12.4 Å². The molecule has 1 fully saturated rings. The fourth-order valence-corrected chi connectivity index (χ4v) is 4.60. The number of pyridine rings is 1. The molecule has 1 aromatic carbocycles. The Labute approximate surface area is 177 Å². The molecule has 0 radical (unpaired) electrons. The standard InChI is InChI=1S/C22H24F3N3O3/c1-13(2)26-21(30)27-10-14-9-16(12-27)20-18(7-8-19(29)28(20)11-14)15-3-5-17(6-4-15)31-22(23,24)25/h3-8,13-14,16H,9-12H2,1-2H3,(H,26,30). The van der Waals surface area contributed by atoms with Crippen LogP contribution < -0.4 is 15.6 Å². The summed E-state index contributed by atoms with van der Waals surface area (Å²) < 4.78 is 43.1. The number of fused-ring (bicyclic) bond motifs is 4. The van der Waals surface area contributed by atoms with Crippen molar-refractivity contribution in [1.29, 1.82) is 0 Å². The maximum absolute atomic E-state index is 12.6. The van der Waals surface area contributed by atoms with E-state index in [1.165, 1.54) is 18.2 Å². The van der Waals surface area contributed by atoms with E-state index in [1.807, 2.05) is 13.8 Å². The monoisotopic (exact) mass is 435 g/mol. The number of alkyl halides is 3. The van der Waals surface area contributed by atoms with E-state index in [-0.39, 0.29) is 35.2 Å². The second-order valence-electron chi connectivity index (χ2n) is 8.46. The van der Waals surface area contributed by atoms with Gasteiger partial charge in [0.2, 0.25) is 0 Å². The molecule has 2 aliphatic heterocycles. The Morgan fingerprint density at radius 2 is 1.81 bits per heavy atom. The van der Waals surface area contributed by atoms with Crippen molar-refractivity contribution in [3.63, 3.8) is 0 Å². The summed E-state index contributed by atoms with van der Waals surface area (Å²) in [6.45, 7) is 5.40. The lowest BCUT2D eigenvalue weighted by Gasteiger charge is -2.43. The van der Waals surface area contributed by atoms with Crippen LogP contribution in [0.5, 0.6) is 5.75 Å². The molecule has 1 saturated heterocycles. The topological polar surface area (TPSA) is 63.6 Å². The van der Waals surface area contributed by atoms with Gasteiger partial charge in [-0.25, -0.2) is 4.79 Å². The van der Waals surface area contributed by atoms with E-state index in [2.05, 4.69) is 10.1 Å². The van der Waals surface area contributed by atoms with Crippen molar-refractivity contribution in [3.05, 3.63) is 52.4 Å². The van der Waals surface area contributed by atoms with Gasteiger partial charge in [0.15, 0.2) is 0 Å². The number of carbonyl (C=O) groups is 1. The lowest BCUT2D eigenvalue weighted by molar-refractivity contribution is -0.274. The Morgan fingerprint density at radius 3 is 2.45 bits per heavy atom. The smallest absolute Gasteiger partial charge is 0.406 e. The first-order valence-corrected chi connectivity index (χ1v) is 10.3. The minimum atomic E-state index is -4.75. The Bertz CT molecular complexity index is 1030. The molecule has 6 nitrogen and oxygen atoms in total. The molecule has 2 amide bonds. The quantitative estimate of drug-likeness (QED) is 0.794. The molecule has 2 aliphatic rings. The van der Waals surface area contributed by atoms with Crippen LogP contribution in [0.4, 0.5) is 18.0 Å². The van der Waals surface area contributed by atoms with Crippen LogP contribution in [0.1, 0.15) is 31.9 Å². The number of ether oxygens (including phenoxy) is 1. The van der Waals surface area contributed by atoms with Gasteiger partial charge in [0.05, 0.1) is 0 Å². The number of aromatic nitrogens is 1. The van der Waals surface area contributed by atoms with E-state index in [0.717, 1.165) is 17.7 Å². The molecule has 1 N–H and O–H groups in total. The van der Waals surface area contributed by atoms with Crippen molar-refractivity contribution >= 4 is 6.03 Å². The van der Waals surface area contributed by atoms with Crippen molar-refractivity contribution in [1.82, 2.24) is 14.8 Å². The minimum absolute atomic E-state index is 0.0252. The molecule has 2 bridgehead atoms. The second-order valence-corrected chi connectivity index (χ2v) is 8.46. The SMILES string of the molecule is CC(C)NC(=O)N1CC2CC(C1)c1c(-c3ccc(OC(F)(F)F)cc3)ccc(=O)n1C2. The first-order valence-electron chi connectivity index (χ1n) is 10.3. The zero-order chi connectivity index (χ0) is 22.3. The summed E-state index contributed by atoms with van der Waals surface area (Å²) in [7, 11) is 0. The van der Waals surface area contributed by atoms with Crippen LogP contribution >= 0.6 is 0 Å². The molecular weight excluding hydrogens is 411 g/mol. The summed E-state index contributed by atoms with van der Waals surface area (Å²) in [4.78, 5) is 26.9. The molecule has 0 saturated carbocycles. The normalized spacial score (nSPS) is 20.4. The minimum Gasteiger partial charge on any atom is -0.406 e. The van der Waals surface area contributed by atoms with Gasteiger partial charge in [-0.3, -0.25) is 4.79 Å². The maximum atomic E-state index is 12.6. The molecule has 0 aliphatic carbocycles. The van der Waals surface area contributed by atoms with Crippen molar-refractivity contribution in [2.45, 2.75) is 45.1 Å². The van der Waals surface area contributed by atoms with Gasteiger partial charge in [0.25, 0.3) is 5.56 Å². The third kappa shape index (κ3) is 4.55. The molecule has 9 heteroatoms. The van der Waals surface area contributed by atoms with Gasteiger partial charge < -0.3 is 19.5 Å². The predicted molar refractivity (Wildman–Crippen MR) is 109 cm³/mol. The molecular formula is C22H24F3N3O3. The third-order valence-corrected chi connectivity index (χ3v) is 5.69. The maximum Gasteiger partial charge on any atom is 0.573 e. The molecule has 31 heavy (non-hydrogen) atoms. The highest BCUT2D eigenvalue weighted by Gasteiger charge is 2.38. The van der Waals surface area contributed by atoms with Gasteiger partial charge in [-0.15, -0.1) is 13.2 Å². The largest absolute Gasteiger partial charge is 0.573 e. The van der Waals surface area contributed by atoms with Crippen LogP contribution in [-0.2, 0) is 6.54 Å². The lowest BCUT2D eigenvalue weighted by atomic mass is 9.80. The van der Waals surface area contributed by atoms with Crippen LogP contribution in [0.2, 0.25) is 0 Å². The zero-order valence-corrected chi connectivity index (χ0v) is 17.3. The van der Waals surface area contributed by atoms with Crippen molar-refractivity contribution in [2.24, 2.45) is 5.92 Å². The third-order valence-electron chi connectivity index (χ3n) is 5.69. The van der Waals surface area contributed by atoms with Gasteiger partial charge in [0, 0.05) is 48.9 Å². The van der Waals surface area contributed by atoms with E-state index in [0.29, 0.717) is 25.2 Å². The number of halogens is 3. The van der Waals surface area contributed by atoms with E-state index in [1.54, 1.807) is 27.7 Å². The number of hydrogen-bond acceptors (Lipinski definition) is 3. The summed E-state index contributed by atoms with van der Waals surface area (Å²) in [6, 6.07) is 8.74. The van der Waals surface area contributed by atoms with Gasteiger partial charge in [0.1, 0.15) is 5.75 Å². The second kappa shape index (κ2) is 7.94. The van der Waals surface area contributed by atoms with Crippen molar-refractivity contribution < 1.29 is 22.7 Å². The highest BCUT2D eigenvalue weighted by atomic mass is 19.4. The highest BCUT2D eigenvalue weighted by Crippen LogP contribution is 2.40. The van der Waals surface area contributed by atoms with Gasteiger partial charge in [-0.1, -0.05) is 12.1 Å². The average Bonchev–Trinajstić information content (AvgIpc) is 2.67. The first-order chi connectivity index (χ1) is 14.6. The average molecular weight is 435 g/mol. The van der Waals surface area contributed by atoms with Gasteiger partial charge in [-0.2, -0.15) is 0 Å². The molecule has 2 unspecified atom stereocenters. The fraction of sp³-hybridized carbons (Fsp3) is 0.455. The molecule has 3 heterocycles. The number of amides is 2. The number of nitrogens with one attached hydrogen (secondary N) is 1.